The molecule has 0 aliphatic heterocycles. The highest BCUT2D eigenvalue weighted by Crippen LogP contribution is 2.30. The third-order valence-corrected chi connectivity index (χ3v) is 5.36. The molecular formula is C22H25N5O2. The molecule has 0 atom stereocenters. The number of H-pyrrole nitrogens is 1. The fourth-order valence-electron chi connectivity index (χ4n) is 3.88. The maximum atomic E-state index is 12.8. The molecule has 0 aliphatic rings. The highest BCUT2D eigenvalue weighted by atomic mass is 16.5. The molecule has 0 fully saturated rings. The monoisotopic (exact) mass is 391 g/mol. The van der Waals surface area contributed by atoms with Crippen molar-refractivity contribution in [3.05, 3.63) is 75.1 Å². The second-order valence-corrected chi connectivity index (χ2v) is 7.32. The summed E-state index contributed by atoms with van der Waals surface area (Å²) in [6.45, 7) is 7.07. The van der Waals surface area contributed by atoms with Crippen molar-refractivity contribution in [3.63, 3.8) is 0 Å². The first kappa shape index (κ1) is 19.1. The fourth-order valence-corrected chi connectivity index (χ4v) is 3.88. The minimum absolute atomic E-state index is 0.105. The van der Waals surface area contributed by atoms with Crippen LogP contribution < -0.4 is 5.56 Å². The molecule has 0 unspecified atom stereocenters. The number of aryl methyl sites for hydroxylation is 4. The summed E-state index contributed by atoms with van der Waals surface area (Å²) in [5.74, 6) is 0. The van der Waals surface area contributed by atoms with Crippen LogP contribution in [0.5, 0.6) is 0 Å². The van der Waals surface area contributed by atoms with Crippen molar-refractivity contribution in [2.24, 2.45) is 0 Å². The van der Waals surface area contributed by atoms with Gasteiger partial charge < -0.3 is 4.74 Å². The van der Waals surface area contributed by atoms with Gasteiger partial charge in [-0.3, -0.25) is 14.6 Å². The van der Waals surface area contributed by atoms with Crippen LogP contribution >= 0.6 is 0 Å². The van der Waals surface area contributed by atoms with E-state index in [1.165, 1.54) is 17.2 Å². The van der Waals surface area contributed by atoms with Crippen molar-refractivity contribution in [2.75, 3.05) is 7.11 Å². The van der Waals surface area contributed by atoms with Gasteiger partial charge in [0.15, 0.2) is 5.65 Å². The molecule has 0 bridgehead atoms. The van der Waals surface area contributed by atoms with E-state index in [9.17, 15) is 4.79 Å². The molecule has 0 aliphatic carbocycles. The number of aromatic nitrogens is 5. The molecule has 150 valence electrons. The van der Waals surface area contributed by atoms with Gasteiger partial charge in [-0.15, -0.1) is 0 Å². The average Bonchev–Trinajstić information content (AvgIpc) is 3.19. The summed E-state index contributed by atoms with van der Waals surface area (Å²) in [7, 11) is 1.67. The quantitative estimate of drug-likeness (QED) is 0.548. The third kappa shape index (κ3) is 3.38. The predicted octanol–water partition coefficient (Wildman–Crippen LogP) is 3.20. The second-order valence-electron chi connectivity index (χ2n) is 7.32. The first-order chi connectivity index (χ1) is 14.0. The van der Waals surface area contributed by atoms with Gasteiger partial charge in [0.1, 0.15) is 0 Å². The zero-order valence-corrected chi connectivity index (χ0v) is 17.2. The van der Waals surface area contributed by atoms with Crippen LogP contribution in [0.1, 0.15) is 28.2 Å². The number of nitrogens with zero attached hydrogens (tertiary/aromatic N) is 4. The lowest BCUT2D eigenvalue weighted by atomic mass is 10.0. The van der Waals surface area contributed by atoms with Crippen LogP contribution in [-0.2, 0) is 24.3 Å². The van der Waals surface area contributed by atoms with Crippen LogP contribution in [0.15, 0.2) is 41.3 Å². The standard InChI is InChI=1S/C22H25N5O2/c1-14-5-7-17(8-6-14)21-19(13-29-4)26(27-20(28)9-11-23-22(21)27)12-10-18-15(2)24-25-16(18)3/h5-9,11H,10,12-13H2,1-4H3,(H,24,25). The number of hydrogen-bond acceptors (Lipinski definition) is 4. The van der Waals surface area contributed by atoms with Gasteiger partial charge in [0, 0.05) is 37.2 Å². The van der Waals surface area contributed by atoms with Crippen LogP contribution in [-0.4, -0.2) is 31.5 Å². The SMILES string of the molecule is COCc1c(-c2ccc(C)cc2)c2nccc(=O)n2n1CCc1c(C)n[nH]c1C. The Balaban J connectivity index is 1.91. The number of nitrogens with one attached hydrogen (secondary N) is 1. The summed E-state index contributed by atoms with van der Waals surface area (Å²) in [4.78, 5) is 17.3. The number of aromatic amines is 1. The van der Waals surface area contributed by atoms with Gasteiger partial charge in [-0.2, -0.15) is 9.61 Å². The van der Waals surface area contributed by atoms with Gasteiger partial charge in [0.05, 0.1) is 18.0 Å². The van der Waals surface area contributed by atoms with Crippen LogP contribution in [0.25, 0.3) is 16.8 Å². The summed E-state index contributed by atoms with van der Waals surface area (Å²) in [5, 5.41) is 7.32. The summed E-state index contributed by atoms with van der Waals surface area (Å²) in [6, 6.07) is 9.76. The van der Waals surface area contributed by atoms with Gasteiger partial charge >= 0.3 is 0 Å². The van der Waals surface area contributed by atoms with Crippen LogP contribution in [0.2, 0.25) is 0 Å². The number of hydrogen-bond donors (Lipinski definition) is 1. The first-order valence-corrected chi connectivity index (χ1v) is 9.67. The maximum absolute atomic E-state index is 12.8. The molecule has 0 saturated carbocycles. The molecule has 4 aromatic rings. The van der Waals surface area contributed by atoms with Crippen molar-refractivity contribution < 1.29 is 4.74 Å². The normalized spacial score (nSPS) is 11.4. The molecule has 1 aromatic carbocycles. The van der Waals surface area contributed by atoms with E-state index in [1.807, 2.05) is 18.5 Å². The Morgan fingerprint density at radius 1 is 1.10 bits per heavy atom. The van der Waals surface area contributed by atoms with Crippen LogP contribution in [0.3, 0.4) is 0 Å². The molecule has 29 heavy (non-hydrogen) atoms. The van der Waals surface area contributed by atoms with Gasteiger partial charge in [0.2, 0.25) is 0 Å². The highest BCUT2D eigenvalue weighted by Gasteiger charge is 2.21. The molecular weight excluding hydrogens is 366 g/mol. The van der Waals surface area contributed by atoms with E-state index >= 15 is 0 Å². The Bertz CT molecular complexity index is 1200. The Kier molecular flexibility index (Phi) is 5.07. The van der Waals surface area contributed by atoms with E-state index in [2.05, 4.69) is 46.4 Å². The lowest BCUT2D eigenvalue weighted by Crippen LogP contribution is -2.22. The smallest absolute Gasteiger partial charge is 0.272 e. The Hall–Kier alpha value is -3.19. The summed E-state index contributed by atoms with van der Waals surface area (Å²) < 4.78 is 9.18. The second kappa shape index (κ2) is 7.67. The first-order valence-electron chi connectivity index (χ1n) is 9.67. The Morgan fingerprint density at radius 2 is 1.86 bits per heavy atom. The summed E-state index contributed by atoms with van der Waals surface area (Å²) in [5.41, 5.74) is 7.82. The molecule has 1 N–H and O–H groups in total. The number of rotatable bonds is 6. The van der Waals surface area contributed by atoms with Crippen molar-refractivity contribution in [2.45, 2.75) is 40.3 Å². The van der Waals surface area contributed by atoms with Crippen LogP contribution in [0.4, 0.5) is 0 Å². The van der Waals surface area contributed by atoms with E-state index in [0.717, 1.165) is 34.6 Å². The zero-order valence-electron chi connectivity index (χ0n) is 17.2. The van der Waals surface area contributed by atoms with Gasteiger partial charge in [0.25, 0.3) is 5.56 Å². The van der Waals surface area contributed by atoms with E-state index in [1.54, 1.807) is 17.8 Å². The minimum Gasteiger partial charge on any atom is -0.378 e. The Morgan fingerprint density at radius 3 is 2.52 bits per heavy atom. The minimum atomic E-state index is -0.105. The number of methoxy groups -OCH3 is 1. The lowest BCUT2D eigenvalue weighted by molar-refractivity contribution is 0.176. The average molecular weight is 391 g/mol. The molecule has 3 aromatic heterocycles. The van der Waals surface area contributed by atoms with Crippen molar-refractivity contribution >= 4 is 5.65 Å². The number of benzene rings is 1. The maximum Gasteiger partial charge on any atom is 0.272 e. The zero-order chi connectivity index (χ0) is 20.5. The van der Waals surface area contributed by atoms with Crippen molar-refractivity contribution in [1.82, 2.24) is 24.4 Å². The van der Waals surface area contributed by atoms with Crippen LogP contribution in [0, 0.1) is 20.8 Å². The third-order valence-electron chi connectivity index (χ3n) is 5.36. The van der Waals surface area contributed by atoms with Crippen molar-refractivity contribution in [1.29, 1.82) is 0 Å². The summed E-state index contributed by atoms with van der Waals surface area (Å²) >= 11 is 0. The topological polar surface area (TPSA) is 77.2 Å². The van der Waals surface area contributed by atoms with E-state index in [4.69, 9.17) is 4.74 Å². The van der Waals surface area contributed by atoms with Gasteiger partial charge in [-0.1, -0.05) is 29.8 Å². The predicted molar refractivity (Wildman–Crippen MR) is 112 cm³/mol. The number of ether oxygens (including phenoxy) is 1. The lowest BCUT2D eigenvalue weighted by Gasteiger charge is -2.12. The molecule has 0 radical (unpaired) electrons. The molecule has 0 saturated heterocycles. The number of fused-ring (bicyclic) bond motifs is 1. The van der Waals surface area contributed by atoms with Gasteiger partial charge in [-0.05, 0) is 38.3 Å². The summed E-state index contributed by atoms with van der Waals surface area (Å²) in [6.07, 6.45) is 2.32. The Labute approximate surface area is 169 Å². The molecule has 0 spiro atoms. The largest absolute Gasteiger partial charge is 0.378 e. The molecule has 7 heteroatoms. The van der Waals surface area contributed by atoms with Crippen molar-refractivity contribution in [3.8, 4) is 11.1 Å². The van der Waals surface area contributed by atoms with E-state index < -0.39 is 0 Å². The molecule has 7 nitrogen and oxygen atoms in total. The fraction of sp³-hybridized carbons (Fsp3) is 0.318. The molecule has 0 amide bonds. The van der Waals surface area contributed by atoms with E-state index in [-0.39, 0.29) is 5.56 Å². The molecule has 4 rings (SSSR count). The molecule has 3 heterocycles. The van der Waals surface area contributed by atoms with Gasteiger partial charge in [-0.25, -0.2) is 4.98 Å². The van der Waals surface area contributed by atoms with E-state index in [0.29, 0.717) is 18.8 Å². The highest BCUT2D eigenvalue weighted by molar-refractivity contribution is 5.80.